The summed E-state index contributed by atoms with van der Waals surface area (Å²) in [7, 11) is 0. The van der Waals surface area contributed by atoms with Gasteiger partial charge in [0.1, 0.15) is 0 Å². The Morgan fingerprint density at radius 2 is 2.36 bits per heavy atom. The zero-order valence-corrected chi connectivity index (χ0v) is 7.66. The standard InChI is InChI=1S/C7H16N2OS/c1-2-3-4-6(5-10)9-7(8)11/h6,10H,2-5H2,1H3,(H3,8,9,11)/t6-/m1/s1. The van der Waals surface area contributed by atoms with E-state index in [1.165, 1.54) is 0 Å². The van der Waals surface area contributed by atoms with Crippen molar-refractivity contribution in [1.29, 1.82) is 0 Å². The SMILES string of the molecule is CCCC[C@H](CO)NC(N)=S. The highest BCUT2D eigenvalue weighted by Crippen LogP contribution is 1.98. The first kappa shape index (κ1) is 10.7. The van der Waals surface area contributed by atoms with E-state index in [1.807, 2.05) is 0 Å². The van der Waals surface area contributed by atoms with Gasteiger partial charge in [0.15, 0.2) is 5.11 Å². The molecule has 0 radical (unpaired) electrons. The van der Waals surface area contributed by atoms with E-state index in [0.29, 0.717) is 0 Å². The van der Waals surface area contributed by atoms with Crippen molar-refractivity contribution >= 4 is 17.3 Å². The van der Waals surface area contributed by atoms with Gasteiger partial charge in [-0.25, -0.2) is 0 Å². The third-order valence-corrected chi connectivity index (χ3v) is 1.59. The maximum absolute atomic E-state index is 8.82. The number of nitrogens with two attached hydrogens (primary N) is 1. The Hall–Kier alpha value is -0.350. The van der Waals surface area contributed by atoms with Gasteiger partial charge in [-0.2, -0.15) is 0 Å². The van der Waals surface area contributed by atoms with Gasteiger partial charge in [0.25, 0.3) is 0 Å². The van der Waals surface area contributed by atoms with Crippen LogP contribution in [0.5, 0.6) is 0 Å². The highest BCUT2D eigenvalue weighted by Gasteiger charge is 2.05. The van der Waals surface area contributed by atoms with E-state index in [-0.39, 0.29) is 17.8 Å². The van der Waals surface area contributed by atoms with E-state index >= 15 is 0 Å². The Morgan fingerprint density at radius 1 is 1.73 bits per heavy atom. The molecule has 0 aromatic rings. The second-order valence-corrected chi connectivity index (χ2v) is 2.97. The molecule has 4 heteroatoms. The van der Waals surface area contributed by atoms with Crippen molar-refractivity contribution in [2.75, 3.05) is 6.61 Å². The van der Waals surface area contributed by atoms with Gasteiger partial charge in [0, 0.05) is 0 Å². The molecule has 0 aliphatic rings. The number of aliphatic hydroxyl groups excluding tert-OH is 1. The molecule has 0 heterocycles. The Morgan fingerprint density at radius 3 is 2.73 bits per heavy atom. The van der Waals surface area contributed by atoms with Crippen molar-refractivity contribution in [2.24, 2.45) is 5.73 Å². The highest BCUT2D eigenvalue weighted by atomic mass is 32.1. The molecule has 0 amide bonds. The molecule has 0 spiro atoms. The quantitative estimate of drug-likeness (QED) is 0.530. The topological polar surface area (TPSA) is 58.3 Å². The summed E-state index contributed by atoms with van der Waals surface area (Å²) in [5.74, 6) is 0. The molecule has 0 aliphatic heterocycles. The summed E-state index contributed by atoms with van der Waals surface area (Å²) < 4.78 is 0. The fraction of sp³-hybridized carbons (Fsp3) is 0.857. The number of aliphatic hydroxyl groups is 1. The lowest BCUT2D eigenvalue weighted by molar-refractivity contribution is 0.247. The smallest absolute Gasteiger partial charge is 0.163 e. The molecule has 0 aliphatic carbocycles. The third kappa shape index (κ3) is 6.06. The van der Waals surface area contributed by atoms with Gasteiger partial charge in [-0.3, -0.25) is 0 Å². The molecule has 0 unspecified atom stereocenters. The lowest BCUT2D eigenvalue weighted by Gasteiger charge is -2.14. The summed E-state index contributed by atoms with van der Waals surface area (Å²) in [5, 5.41) is 11.9. The van der Waals surface area contributed by atoms with Crippen LogP contribution in [0.2, 0.25) is 0 Å². The van der Waals surface area contributed by atoms with E-state index in [9.17, 15) is 0 Å². The zero-order valence-electron chi connectivity index (χ0n) is 6.84. The van der Waals surface area contributed by atoms with E-state index in [1.54, 1.807) is 0 Å². The van der Waals surface area contributed by atoms with Gasteiger partial charge in [-0.15, -0.1) is 0 Å². The van der Waals surface area contributed by atoms with Crippen LogP contribution in [0.15, 0.2) is 0 Å². The van der Waals surface area contributed by atoms with Crippen molar-refractivity contribution in [3.63, 3.8) is 0 Å². The fourth-order valence-corrected chi connectivity index (χ4v) is 1.03. The minimum atomic E-state index is 0.0347. The average molecular weight is 176 g/mol. The Balaban J connectivity index is 3.49. The summed E-state index contributed by atoms with van der Waals surface area (Å²) >= 11 is 4.64. The van der Waals surface area contributed by atoms with Crippen molar-refractivity contribution in [2.45, 2.75) is 32.2 Å². The molecule has 3 nitrogen and oxygen atoms in total. The first-order chi connectivity index (χ1) is 5.20. The predicted molar refractivity (Wildman–Crippen MR) is 50.3 cm³/mol. The van der Waals surface area contributed by atoms with E-state index in [4.69, 9.17) is 10.8 Å². The molecule has 0 bridgehead atoms. The van der Waals surface area contributed by atoms with Gasteiger partial charge < -0.3 is 16.2 Å². The molecule has 0 saturated carbocycles. The highest BCUT2D eigenvalue weighted by molar-refractivity contribution is 7.80. The van der Waals surface area contributed by atoms with E-state index < -0.39 is 0 Å². The van der Waals surface area contributed by atoms with Crippen LogP contribution in [0, 0.1) is 0 Å². The van der Waals surface area contributed by atoms with Gasteiger partial charge in [0.2, 0.25) is 0 Å². The predicted octanol–water partition coefficient (Wildman–Crippen LogP) is 0.371. The molecule has 11 heavy (non-hydrogen) atoms. The first-order valence-electron chi connectivity index (χ1n) is 3.87. The number of hydrogen-bond donors (Lipinski definition) is 3. The van der Waals surface area contributed by atoms with Crippen LogP contribution in [-0.4, -0.2) is 22.9 Å². The third-order valence-electron chi connectivity index (χ3n) is 1.47. The average Bonchev–Trinajstić information content (AvgIpc) is 1.97. The van der Waals surface area contributed by atoms with Crippen LogP contribution < -0.4 is 11.1 Å². The molecule has 66 valence electrons. The zero-order chi connectivity index (χ0) is 8.69. The van der Waals surface area contributed by atoms with Gasteiger partial charge >= 0.3 is 0 Å². The molecular formula is C7H16N2OS. The fourth-order valence-electron chi connectivity index (χ4n) is 0.861. The second kappa shape index (κ2) is 6.37. The van der Waals surface area contributed by atoms with Crippen LogP contribution in [0.3, 0.4) is 0 Å². The molecular weight excluding hydrogens is 160 g/mol. The maximum Gasteiger partial charge on any atom is 0.163 e. The maximum atomic E-state index is 8.82. The lowest BCUT2D eigenvalue weighted by atomic mass is 10.1. The van der Waals surface area contributed by atoms with Crippen molar-refractivity contribution in [3.05, 3.63) is 0 Å². The Labute approximate surface area is 73.0 Å². The normalized spacial score (nSPS) is 12.5. The number of unbranched alkanes of at least 4 members (excludes halogenated alkanes) is 1. The van der Waals surface area contributed by atoms with Crippen LogP contribution in [0.25, 0.3) is 0 Å². The Bertz CT molecular complexity index is 119. The van der Waals surface area contributed by atoms with E-state index in [2.05, 4.69) is 24.5 Å². The molecule has 1 atom stereocenters. The summed E-state index contributed by atoms with van der Waals surface area (Å²) in [4.78, 5) is 0. The molecule has 4 N–H and O–H groups in total. The van der Waals surface area contributed by atoms with Crippen LogP contribution in [0.1, 0.15) is 26.2 Å². The lowest BCUT2D eigenvalue weighted by Crippen LogP contribution is -2.40. The van der Waals surface area contributed by atoms with Gasteiger partial charge in [-0.1, -0.05) is 19.8 Å². The molecule has 0 rings (SSSR count). The monoisotopic (exact) mass is 176 g/mol. The number of hydrogen-bond acceptors (Lipinski definition) is 2. The van der Waals surface area contributed by atoms with E-state index in [0.717, 1.165) is 19.3 Å². The summed E-state index contributed by atoms with van der Waals surface area (Å²) in [5.41, 5.74) is 5.25. The van der Waals surface area contributed by atoms with Crippen LogP contribution in [-0.2, 0) is 0 Å². The number of nitrogens with one attached hydrogen (secondary N) is 1. The molecule has 0 aromatic carbocycles. The summed E-state index contributed by atoms with van der Waals surface area (Å²) in [6.07, 6.45) is 3.13. The van der Waals surface area contributed by atoms with Crippen molar-refractivity contribution < 1.29 is 5.11 Å². The van der Waals surface area contributed by atoms with Crippen LogP contribution >= 0.6 is 12.2 Å². The minimum absolute atomic E-state index is 0.0347. The Kier molecular flexibility index (Phi) is 6.16. The number of rotatable bonds is 5. The molecule has 0 saturated heterocycles. The summed E-state index contributed by atoms with van der Waals surface area (Å²) in [6.45, 7) is 2.20. The van der Waals surface area contributed by atoms with Crippen molar-refractivity contribution in [3.8, 4) is 0 Å². The van der Waals surface area contributed by atoms with Crippen molar-refractivity contribution in [1.82, 2.24) is 5.32 Å². The molecule has 0 aromatic heterocycles. The van der Waals surface area contributed by atoms with Gasteiger partial charge in [-0.05, 0) is 18.6 Å². The largest absolute Gasteiger partial charge is 0.394 e. The van der Waals surface area contributed by atoms with Crippen LogP contribution in [0.4, 0.5) is 0 Å². The molecule has 0 fully saturated rings. The number of thiocarbonyl (C=S) groups is 1. The van der Waals surface area contributed by atoms with Gasteiger partial charge in [0.05, 0.1) is 12.6 Å². The minimum Gasteiger partial charge on any atom is -0.394 e. The summed E-state index contributed by atoms with van der Waals surface area (Å²) in [6, 6.07) is 0.0347. The second-order valence-electron chi connectivity index (χ2n) is 2.53. The first-order valence-corrected chi connectivity index (χ1v) is 4.28.